The minimum absolute atomic E-state index is 0.0332. The van der Waals surface area contributed by atoms with Gasteiger partial charge in [-0.3, -0.25) is 14.4 Å². The number of primary amides is 1. The standard InChI is InChI=1S/C24H36N6O4/c1-23(2,3)19(30-12-17(27-28-30)13-4-5-13)22(34)29-11-16(31)6-18(29)21(33)26-15-9-24(10-15)7-14(8-24)20(25)32/h12-16,18-19,31H,4-11H2,1-3H3,(H2,25,32)(H,26,33)/t14?,15?,16-,18+,19-,24?/m1/s1. The van der Waals surface area contributed by atoms with Crippen molar-refractivity contribution in [2.24, 2.45) is 22.5 Å². The van der Waals surface area contributed by atoms with Crippen LogP contribution in [0.25, 0.3) is 0 Å². The topological polar surface area (TPSA) is 143 Å². The molecule has 1 aliphatic heterocycles. The van der Waals surface area contributed by atoms with Crippen molar-refractivity contribution in [1.82, 2.24) is 25.2 Å². The Bertz CT molecular complexity index is 982. The van der Waals surface area contributed by atoms with Gasteiger partial charge < -0.3 is 21.1 Å². The van der Waals surface area contributed by atoms with Gasteiger partial charge in [0, 0.05) is 37.0 Å². The highest BCUT2D eigenvalue weighted by Gasteiger charge is 2.55. The Morgan fingerprint density at radius 1 is 1.21 bits per heavy atom. The molecule has 10 heteroatoms. The van der Waals surface area contributed by atoms with Gasteiger partial charge in [0.2, 0.25) is 17.7 Å². The Labute approximate surface area is 199 Å². The van der Waals surface area contributed by atoms with Gasteiger partial charge in [-0.2, -0.15) is 0 Å². The zero-order chi connectivity index (χ0) is 24.4. The number of hydrogen-bond donors (Lipinski definition) is 3. The van der Waals surface area contributed by atoms with Gasteiger partial charge in [-0.1, -0.05) is 26.0 Å². The van der Waals surface area contributed by atoms with E-state index < -0.39 is 23.6 Å². The monoisotopic (exact) mass is 472 g/mol. The second kappa shape index (κ2) is 8.03. The Morgan fingerprint density at radius 3 is 2.47 bits per heavy atom. The van der Waals surface area contributed by atoms with Gasteiger partial charge in [-0.05, 0) is 49.4 Å². The molecular formula is C24H36N6O4. The van der Waals surface area contributed by atoms with E-state index in [9.17, 15) is 19.5 Å². The maximum Gasteiger partial charge on any atom is 0.248 e. The summed E-state index contributed by atoms with van der Waals surface area (Å²) in [6, 6.07) is -1.30. The second-order valence-corrected chi connectivity index (χ2v) is 12.2. The van der Waals surface area contributed by atoms with Crippen molar-refractivity contribution in [3.63, 3.8) is 0 Å². The maximum absolute atomic E-state index is 13.8. The Morgan fingerprint density at radius 2 is 1.88 bits per heavy atom. The molecule has 0 aromatic carbocycles. The molecule has 0 bridgehead atoms. The van der Waals surface area contributed by atoms with Crippen LogP contribution in [0.15, 0.2) is 6.20 Å². The fraction of sp³-hybridized carbons (Fsp3) is 0.792. The molecule has 1 aromatic rings. The molecule has 1 spiro atoms. The molecule has 34 heavy (non-hydrogen) atoms. The van der Waals surface area contributed by atoms with Crippen LogP contribution in [0.1, 0.15) is 83.4 Å². The van der Waals surface area contributed by atoms with Gasteiger partial charge in [0.25, 0.3) is 0 Å². The highest BCUT2D eigenvalue weighted by molar-refractivity contribution is 5.90. The van der Waals surface area contributed by atoms with E-state index in [2.05, 4.69) is 15.6 Å². The number of β-amino-alcohol motifs (C(OH)–C–C–N with tert-alkyl or cyclic N) is 1. The minimum atomic E-state index is -0.742. The number of nitrogens with two attached hydrogens (primary N) is 1. The fourth-order valence-electron chi connectivity index (χ4n) is 6.23. The Hall–Kier alpha value is -2.49. The summed E-state index contributed by atoms with van der Waals surface area (Å²) < 4.78 is 1.64. The van der Waals surface area contributed by atoms with Crippen molar-refractivity contribution in [3.8, 4) is 0 Å². The van der Waals surface area contributed by atoms with E-state index in [1.54, 1.807) is 4.68 Å². The third-order valence-corrected chi connectivity index (χ3v) is 8.17. The van der Waals surface area contributed by atoms with Crippen LogP contribution < -0.4 is 11.1 Å². The summed E-state index contributed by atoms with van der Waals surface area (Å²) in [5.74, 6) is -0.292. The van der Waals surface area contributed by atoms with Crippen LogP contribution in [0.5, 0.6) is 0 Å². The fourth-order valence-corrected chi connectivity index (χ4v) is 6.23. The van der Waals surface area contributed by atoms with E-state index in [1.807, 2.05) is 27.0 Å². The van der Waals surface area contributed by atoms with Gasteiger partial charge in [0.05, 0.1) is 11.8 Å². The Kier molecular flexibility index (Phi) is 5.50. The quantitative estimate of drug-likeness (QED) is 0.560. The SMILES string of the molecule is CC(C)(C)[C@@H](C(=O)N1C[C@H](O)C[C@H]1C(=O)NC1CC2(C1)CC(C(N)=O)C2)n1cc(C2CC2)nn1. The third-order valence-electron chi connectivity index (χ3n) is 8.17. The first-order chi connectivity index (χ1) is 16.0. The summed E-state index contributed by atoms with van der Waals surface area (Å²) in [6.07, 6.45) is 6.80. The lowest BCUT2D eigenvalue weighted by atomic mass is 9.50. The number of likely N-dealkylation sites (tertiary alicyclic amines) is 1. The van der Waals surface area contributed by atoms with Crippen LogP contribution in [0.2, 0.25) is 0 Å². The average molecular weight is 473 g/mol. The first-order valence-electron chi connectivity index (χ1n) is 12.5. The molecule has 0 radical (unpaired) electrons. The van der Waals surface area contributed by atoms with Gasteiger partial charge in [-0.25, -0.2) is 4.68 Å². The van der Waals surface area contributed by atoms with Crippen LogP contribution in [-0.2, 0) is 14.4 Å². The second-order valence-electron chi connectivity index (χ2n) is 12.2. The number of nitrogens with zero attached hydrogens (tertiary/aromatic N) is 4. The lowest BCUT2D eigenvalue weighted by molar-refractivity contribution is -0.146. The summed E-state index contributed by atoms with van der Waals surface area (Å²) in [5.41, 5.74) is 5.97. The number of aliphatic hydroxyl groups is 1. The van der Waals surface area contributed by atoms with Crippen molar-refractivity contribution in [1.29, 1.82) is 0 Å². The van der Waals surface area contributed by atoms with Crippen molar-refractivity contribution < 1.29 is 19.5 Å². The number of carbonyl (C=O) groups is 3. The Balaban J connectivity index is 1.25. The van der Waals surface area contributed by atoms with Crippen molar-refractivity contribution >= 4 is 17.7 Å². The molecule has 3 aliphatic carbocycles. The maximum atomic E-state index is 13.8. The number of rotatable bonds is 6. The highest BCUT2D eigenvalue weighted by atomic mass is 16.3. The molecule has 186 valence electrons. The van der Waals surface area contributed by atoms with E-state index in [4.69, 9.17) is 5.73 Å². The molecule has 5 rings (SSSR count). The van der Waals surface area contributed by atoms with Crippen LogP contribution in [0.4, 0.5) is 0 Å². The molecular weight excluding hydrogens is 436 g/mol. The summed E-state index contributed by atoms with van der Waals surface area (Å²) in [6.45, 7) is 6.05. The molecule has 1 aromatic heterocycles. The summed E-state index contributed by atoms with van der Waals surface area (Å²) in [4.78, 5) is 39.8. The van der Waals surface area contributed by atoms with E-state index in [-0.39, 0.29) is 48.1 Å². The zero-order valence-electron chi connectivity index (χ0n) is 20.2. The molecule has 3 atom stereocenters. The highest BCUT2D eigenvalue weighted by Crippen LogP contribution is 2.58. The first kappa shape index (κ1) is 23.3. The number of hydrogen-bond acceptors (Lipinski definition) is 6. The molecule has 4 N–H and O–H groups in total. The number of aliphatic hydroxyl groups excluding tert-OH is 1. The molecule has 3 saturated carbocycles. The lowest BCUT2D eigenvalue weighted by Crippen LogP contribution is -2.60. The molecule has 4 fully saturated rings. The molecule has 3 amide bonds. The third kappa shape index (κ3) is 4.21. The molecule has 4 aliphatic rings. The van der Waals surface area contributed by atoms with Crippen LogP contribution in [0.3, 0.4) is 0 Å². The van der Waals surface area contributed by atoms with Gasteiger partial charge in [-0.15, -0.1) is 5.10 Å². The van der Waals surface area contributed by atoms with E-state index in [0.29, 0.717) is 5.92 Å². The minimum Gasteiger partial charge on any atom is -0.391 e. The van der Waals surface area contributed by atoms with Crippen LogP contribution in [-0.4, -0.2) is 67.5 Å². The number of amides is 3. The molecule has 1 saturated heterocycles. The van der Waals surface area contributed by atoms with E-state index in [0.717, 1.165) is 44.2 Å². The van der Waals surface area contributed by atoms with Crippen molar-refractivity contribution in [3.05, 3.63) is 11.9 Å². The van der Waals surface area contributed by atoms with E-state index >= 15 is 0 Å². The van der Waals surface area contributed by atoms with E-state index in [1.165, 1.54) is 4.90 Å². The summed E-state index contributed by atoms with van der Waals surface area (Å²) in [5, 5.41) is 22.0. The largest absolute Gasteiger partial charge is 0.391 e. The van der Waals surface area contributed by atoms with Gasteiger partial charge >= 0.3 is 0 Å². The predicted molar refractivity (Wildman–Crippen MR) is 122 cm³/mol. The number of aromatic nitrogens is 3. The van der Waals surface area contributed by atoms with Crippen molar-refractivity contribution in [2.45, 2.75) is 95.9 Å². The number of nitrogens with one attached hydrogen (secondary N) is 1. The van der Waals surface area contributed by atoms with Gasteiger partial charge in [0.15, 0.2) is 0 Å². The van der Waals surface area contributed by atoms with Crippen LogP contribution in [0, 0.1) is 16.7 Å². The summed E-state index contributed by atoms with van der Waals surface area (Å²) >= 11 is 0. The molecule has 10 nitrogen and oxygen atoms in total. The van der Waals surface area contributed by atoms with Gasteiger partial charge in [0.1, 0.15) is 12.1 Å². The smallest absolute Gasteiger partial charge is 0.248 e. The molecule has 0 unspecified atom stereocenters. The normalized spacial score (nSPS) is 33.8. The first-order valence-corrected chi connectivity index (χ1v) is 12.5. The average Bonchev–Trinajstić information content (AvgIpc) is 3.29. The zero-order valence-corrected chi connectivity index (χ0v) is 20.2. The summed E-state index contributed by atoms with van der Waals surface area (Å²) in [7, 11) is 0. The van der Waals surface area contributed by atoms with Crippen molar-refractivity contribution in [2.75, 3.05) is 6.54 Å². The van der Waals surface area contributed by atoms with Crippen LogP contribution >= 0.6 is 0 Å². The lowest BCUT2D eigenvalue weighted by Gasteiger charge is -2.57. The number of carbonyl (C=O) groups excluding carboxylic acids is 3. The molecule has 2 heterocycles. The predicted octanol–water partition coefficient (Wildman–Crippen LogP) is 0.865.